The fourth-order valence-electron chi connectivity index (χ4n) is 4.64. The Morgan fingerprint density at radius 1 is 0.745 bits per heavy atom. The Labute approximate surface area is 329 Å². The molecule has 6 aromatic rings. The van der Waals surface area contributed by atoms with Crippen molar-refractivity contribution in [3.05, 3.63) is 122 Å². The monoisotopic (exact) mass is 846 g/mol. The maximum absolute atomic E-state index is 12.4. The number of halogens is 1. The van der Waals surface area contributed by atoms with Crippen LogP contribution in [0.5, 0.6) is 17.2 Å². The van der Waals surface area contributed by atoms with Crippen LogP contribution in [0.2, 0.25) is 5.02 Å². The molecule has 0 saturated heterocycles. The van der Waals surface area contributed by atoms with Crippen molar-refractivity contribution in [2.45, 2.75) is 16.7 Å². The SMILES string of the molecule is Cc1[n-]n(-c2ccccc2)c(=O)c1N=Nc1ccc([N+](=O)[O-])cc1[O-].O=S(=O)([O-])c1cc(S(=O)(=O)[O-])c2c(N=Nc3cc(Cl)ccc3[O-])c([O-])ccc2c1.[Cr+3].[H+].[H+].[H+]. The second-order valence-electron chi connectivity index (χ2n) is 10.7. The number of nitro groups is 1. The molecule has 0 bridgehead atoms. The van der Waals surface area contributed by atoms with Crippen LogP contribution in [0.1, 0.15) is 9.97 Å². The molecule has 1 heterocycles. The van der Waals surface area contributed by atoms with Crippen molar-refractivity contribution in [1.29, 1.82) is 0 Å². The Morgan fingerprint density at radius 3 is 2.00 bits per heavy atom. The van der Waals surface area contributed by atoms with Gasteiger partial charge < -0.3 is 34.2 Å². The van der Waals surface area contributed by atoms with Gasteiger partial charge in [0.25, 0.3) is 11.2 Å². The largest absolute Gasteiger partial charge is 3.00 e. The van der Waals surface area contributed by atoms with Gasteiger partial charge in [-0.1, -0.05) is 72.2 Å². The quantitative estimate of drug-likeness (QED) is 0.0869. The predicted octanol–water partition coefficient (Wildman–Crippen LogP) is 4.70. The van der Waals surface area contributed by atoms with Gasteiger partial charge in [-0.25, -0.2) is 16.8 Å². The molecular formula is C32H21ClCrN7O12S2. The summed E-state index contributed by atoms with van der Waals surface area (Å²) < 4.78 is 70.1. The van der Waals surface area contributed by atoms with Gasteiger partial charge in [-0.15, -0.1) is 10.8 Å². The molecule has 0 saturated carbocycles. The maximum Gasteiger partial charge on any atom is 3.00 e. The molecule has 19 nitrogen and oxygen atoms in total. The average molecular weight is 847 g/mol. The molecule has 1 aromatic heterocycles. The summed E-state index contributed by atoms with van der Waals surface area (Å²) in [5.41, 5.74) is -0.865. The predicted molar refractivity (Wildman–Crippen MR) is 185 cm³/mol. The van der Waals surface area contributed by atoms with Gasteiger partial charge in [0.2, 0.25) is 0 Å². The van der Waals surface area contributed by atoms with E-state index in [0.717, 1.165) is 42.5 Å². The Morgan fingerprint density at radius 2 is 1.38 bits per heavy atom. The van der Waals surface area contributed by atoms with Gasteiger partial charge in [0.05, 0.1) is 31.8 Å². The molecule has 6 rings (SSSR count). The summed E-state index contributed by atoms with van der Waals surface area (Å²) >= 11 is 5.76. The van der Waals surface area contributed by atoms with Gasteiger partial charge in [0, 0.05) is 28.2 Å². The second kappa shape index (κ2) is 16.6. The normalized spacial score (nSPS) is 11.7. The molecule has 0 aliphatic carbocycles. The molecule has 55 heavy (non-hydrogen) atoms. The topological polar surface area (TPSA) is 312 Å². The number of hydrogen-bond acceptors (Lipinski definition) is 16. The minimum atomic E-state index is -5.33. The van der Waals surface area contributed by atoms with Crippen LogP contribution < -0.4 is 26.0 Å². The molecule has 0 N–H and O–H groups in total. The van der Waals surface area contributed by atoms with Crippen molar-refractivity contribution in [3.8, 4) is 22.9 Å². The van der Waals surface area contributed by atoms with Crippen LogP contribution in [0.3, 0.4) is 0 Å². The van der Waals surface area contributed by atoms with Crippen LogP contribution in [0, 0.1) is 17.0 Å². The van der Waals surface area contributed by atoms with Crippen molar-refractivity contribution in [3.63, 3.8) is 0 Å². The van der Waals surface area contributed by atoms with E-state index in [1.165, 1.54) is 16.8 Å². The number of azo groups is 2. The van der Waals surface area contributed by atoms with Gasteiger partial charge in [0.1, 0.15) is 25.9 Å². The van der Waals surface area contributed by atoms with Gasteiger partial charge >= 0.3 is 21.6 Å². The summed E-state index contributed by atoms with van der Waals surface area (Å²) in [4.78, 5) is 20.3. The fraction of sp³-hybridized carbons (Fsp3) is 0.0312. The number of hydrogen-bond donors (Lipinski definition) is 0. The first-order valence-electron chi connectivity index (χ1n) is 14.6. The number of aryl methyl sites for hydroxylation is 1. The van der Waals surface area contributed by atoms with E-state index in [0.29, 0.717) is 17.4 Å². The number of benzene rings is 5. The smallest absolute Gasteiger partial charge is 0.871 e. The van der Waals surface area contributed by atoms with E-state index in [1.54, 1.807) is 31.2 Å². The van der Waals surface area contributed by atoms with Crippen molar-refractivity contribution in [2.75, 3.05) is 0 Å². The Bertz CT molecular complexity index is 2810. The van der Waals surface area contributed by atoms with E-state index in [-0.39, 0.29) is 54.8 Å². The Kier molecular flexibility index (Phi) is 12.6. The van der Waals surface area contributed by atoms with Crippen LogP contribution in [-0.2, 0) is 37.6 Å². The first-order valence-corrected chi connectivity index (χ1v) is 17.8. The van der Waals surface area contributed by atoms with Crippen molar-refractivity contribution in [2.24, 2.45) is 20.5 Å². The van der Waals surface area contributed by atoms with Gasteiger partial charge in [-0.3, -0.25) is 14.9 Å². The average Bonchev–Trinajstić information content (AvgIpc) is 3.40. The number of rotatable bonds is 8. The molecule has 281 valence electrons. The number of fused-ring (bicyclic) bond motifs is 1. The van der Waals surface area contributed by atoms with Crippen molar-refractivity contribution in [1.82, 2.24) is 9.78 Å². The van der Waals surface area contributed by atoms with Crippen molar-refractivity contribution < 1.29 is 67.8 Å². The minimum absolute atomic E-state index is 0. The Balaban J connectivity index is 0.000000547. The number of para-hydroxylation sites is 1. The third-order valence-electron chi connectivity index (χ3n) is 7.13. The molecule has 0 spiro atoms. The van der Waals surface area contributed by atoms with Gasteiger partial charge in [0.15, 0.2) is 0 Å². The molecule has 23 heteroatoms. The molecule has 0 fully saturated rings. The zero-order valence-corrected chi connectivity index (χ0v) is 31.0. The first kappa shape index (κ1) is 41.8. The van der Waals surface area contributed by atoms with Crippen LogP contribution >= 0.6 is 11.6 Å². The first-order chi connectivity index (χ1) is 25.3. The zero-order valence-electron chi connectivity index (χ0n) is 30.3. The summed E-state index contributed by atoms with van der Waals surface area (Å²) in [6.45, 7) is 1.60. The van der Waals surface area contributed by atoms with E-state index in [4.69, 9.17) is 11.6 Å². The van der Waals surface area contributed by atoms with E-state index in [2.05, 4.69) is 25.6 Å². The molecule has 1 radical (unpaired) electrons. The number of nitro benzene ring substituents is 1. The summed E-state index contributed by atoms with van der Waals surface area (Å²) in [6, 6.07) is 18.6. The summed E-state index contributed by atoms with van der Waals surface area (Å²) in [6.07, 6.45) is 0. The number of non-ortho nitro benzene ring substituents is 1. The molecule has 5 aromatic carbocycles. The van der Waals surface area contributed by atoms with E-state index in [9.17, 15) is 56.2 Å². The number of nitrogens with zero attached hydrogens (tertiary/aromatic N) is 7. The molecule has 0 atom stereocenters. The summed E-state index contributed by atoms with van der Waals surface area (Å²) in [7, 11) is -10.4. The molecule has 0 aliphatic heterocycles. The van der Waals surface area contributed by atoms with Gasteiger partial charge in [-0.2, -0.15) is 15.3 Å². The van der Waals surface area contributed by atoms with E-state index in [1.807, 2.05) is 6.07 Å². The maximum atomic E-state index is 12.4. The molecular weight excluding hydrogens is 826 g/mol. The van der Waals surface area contributed by atoms with Gasteiger partial charge in [-0.05, 0) is 47.9 Å². The minimum Gasteiger partial charge on any atom is -0.871 e. The fourth-order valence-corrected chi connectivity index (χ4v) is 6.15. The van der Waals surface area contributed by atoms with E-state index >= 15 is 0 Å². The molecule has 0 amide bonds. The van der Waals surface area contributed by atoms with Crippen LogP contribution in [0.15, 0.2) is 126 Å². The van der Waals surface area contributed by atoms with Crippen LogP contribution in [0.4, 0.5) is 28.4 Å². The standard InChI is InChI=1S/C16H11ClN2O8S2.C16H13N5O4.Cr/c17-9-2-4-12(20)11(6-9)18-19-16-13(21)3-1-8-5-10(28(22,23)24)7-14(15(8)16)29(25,26)27;1-10-15(16(23)20(19-10)11-5-3-2-4-6-11)18-17-13-8-7-12(21(24)25)9-14(13)22;/h1-7,20-21H,(H,22,23,24)(H,25,26,27);2-9H,1H3,(H2,17,18,19,22,23);/q;;+3/p-3. The molecule has 0 aliphatic rings. The van der Waals surface area contributed by atoms with Crippen LogP contribution in [0.25, 0.3) is 16.5 Å². The second-order valence-corrected chi connectivity index (χ2v) is 13.9. The summed E-state index contributed by atoms with van der Waals surface area (Å²) in [5, 5.41) is 64.7. The molecule has 0 unspecified atom stereocenters. The van der Waals surface area contributed by atoms with E-state index < -0.39 is 68.8 Å². The third kappa shape index (κ3) is 9.58. The third-order valence-corrected chi connectivity index (χ3v) is 9.04. The Hall–Kier alpha value is -5.99. The number of aromatic nitrogens is 2. The van der Waals surface area contributed by atoms with Crippen molar-refractivity contribution >= 4 is 71.0 Å². The zero-order chi connectivity index (χ0) is 39.5. The summed E-state index contributed by atoms with van der Waals surface area (Å²) in [5.74, 6) is -2.11. The van der Waals surface area contributed by atoms with Crippen LogP contribution in [-0.4, -0.2) is 35.5 Å².